The van der Waals surface area contributed by atoms with Gasteiger partial charge in [0.05, 0.1) is 5.69 Å². The van der Waals surface area contributed by atoms with Crippen molar-refractivity contribution in [3.63, 3.8) is 0 Å². The molecule has 0 fully saturated rings. The molecular formula is C14H15F2N3. The van der Waals surface area contributed by atoms with Crippen LogP contribution in [0.5, 0.6) is 0 Å². The van der Waals surface area contributed by atoms with Crippen LogP contribution in [0.15, 0.2) is 24.5 Å². The van der Waals surface area contributed by atoms with Crippen molar-refractivity contribution in [2.45, 2.75) is 19.8 Å². The zero-order chi connectivity index (χ0) is 13.8. The van der Waals surface area contributed by atoms with Crippen molar-refractivity contribution in [1.29, 1.82) is 0 Å². The van der Waals surface area contributed by atoms with Crippen molar-refractivity contribution in [2.75, 3.05) is 12.4 Å². The van der Waals surface area contributed by atoms with Gasteiger partial charge in [-0.25, -0.2) is 18.7 Å². The molecule has 5 heteroatoms. The minimum atomic E-state index is -0.487. The first-order valence-corrected chi connectivity index (χ1v) is 6.14. The second-order valence-electron chi connectivity index (χ2n) is 4.17. The second kappa shape index (κ2) is 5.73. The fourth-order valence-corrected chi connectivity index (χ4v) is 2.03. The van der Waals surface area contributed by atoms with E-state index in [9.17, 15) is 8.78 Å². The van der Waals surface area contributed by atoms with Crippen molar-refractivity contribution in [2.24, 2.45) is 0 Å². The Balaban J connectivity index is 2.63. The Morgan fingerprint density at radius 3 is 2.68 bits per heavy atom. The van der Waals surface area contributed by atoms with Gasteiger partial charge in [0.2, 0.25) is 0 Å². The quantitative estimate of drug-likeness (QED) is 0.918. The number of hydrogen-bond donors (Lipinski definition) is 1. The van der Waals surface area contributed by atoms with Crippen LogP contribution in [0.4, 0.5) is 14.6 Å². The summed E-state index contributed by atoms with van der Waals surface area (Å²) in [6.45, 7) is 2.01. The van der Waals surface area contributed by atoms with E-state index in [-0.39, 0.29) is 5.56 Å². The lowest BCUT2D eigenvalue weighted by Crippen LogP contribution is -2.04. The molecule has 1 N–H and O–H groups in total. The summed E-state index contributed by atoms with van der Waals surface area (Å²) in [6, 6.07) is 3.37. The van der Waals surface area contributed by atoms with E-state index in [4.69, 9.17) is 0 Å². The van der Waals surface area contributed by atoms with Gasteiger partial charge in [0.25, 0.3) is 0 Å². The number of halogens is 2. The summed E-state index contributed by atoms with van der Waals surface area (Å²) in [5.41, 5.74) is 1.41. The lowest BCUT2D eigenvalue weighted by atomic mass is 10.0. The molecule has 0 aliphatic heterocycles. The van der Waals surface area contributed by atoms with Crippen molar-refractivity contribution in [1.82, 2.24) is 9.97 Å². The summed E-state index contributed by atoms with van der Waals surface area (Å²) < 4.78 is 27.2. The molecule has 19 heavy (non-hydrogen) atoms. The van der Waals surface area contributed by atoms with Crippen molar-refractivity contribution in [3.8, 4) is 11.3 Å². The maximum atomic E-state index is 13.9. The van der Waals surface area contributed by atoms with Gasteiger partial charge in [0, 0.05) is 18.2 Å². The minimum Gasteiger partial charge on any atom is -0.373 e. The summed E-state index contributed by atoms with van der Waals surface area (Å²) in [5.74, 6) is -0.321. The molecule has 1 aromatic carbocycles. The van der Waals surface area contributed by atoms with Gasteiger partial charge in [-0.3, -0.25) is 0 Å². The first-order chi connectivity index (χ1) is 9.17. The molecule has 0 radical (unpaired) electrons. The fraction of sp³-hybridized carbons (Fsp3) is 0.286. The largest absolute Gasteiger partial charge is 0.373 e. The molecule has 2 aromatic rings. The molecule has 0 aliphatic carbocycles. The number of nitrogens with zero attached hydrogens (tertiary/aromatic N) is 2. The van der Waals surface area contributed by atoms with E-state index in [1.807, 2.05) is 6.92 Å². The van der Waals surface area contributed by atoms with Crippen LogP contribution >= 0.6 is 0 Å². The topological polar surface area (TPSA) is 37.8 Å². The van der Waals surface area contributed by atoms with Gasteiger partial charge in [-0.05, 0) is 24.6 Å². The van der Waals surface area contributed by atoms with Gasteiger partial charge in [0.15, 0.2) is 0 Å². The number of nitrogens with one attached hydrogen (secondary N) is 1. The third kappa shape index (κ3) is 2.70. The molecule has 0 unspecified atom stereocenters. The monoisotopic (exact) mass is 263 g/mol. The Kier molecular flexibility index (Phi) is 4.04. The van der Waals surface area contributed by atoms with Crippen molar-refractivity contribution < 1.29 is 8.78 Å². The highest BCUT2D eigenvalue weighted by Gasteiger charge is 2.15. The number of hydrogen-bond acceptors (Lipinski definition) is 3. The first-order valence-electron chi connectivity index (χ1n) is 6.14. The van der Waals surface area contributed by atoms with Gasteiger partial charge < -0.3 is 5.32 Å². The molecule has 0 atom stereocenters. The molecule has 0 saturated carbocycles. The Labute approximate surface area is 110 Å². The van der Waals surface area contributed by atoms with Crippen LogP contribution in [-0.2, 0) is 6.42 Å². The molecule has 1 heterocycles. The molecule has 2 rings (SSSR count). The number of anilines is 1. The Morgan fingerprint density at radius 2 is 2.00 bits per heavy atom. The van der Waals surface area contributed by atoms with Crippen LogP contribution in [0.3, 0.4) is 0 Å². The molecule has 0 spiro atoms. The summed E-state index contributed by atoms with van der Waals surface area (Å²) in [4.78, 5) is 8.24. The molecule has 0 amide bonds. The minimum absolute atomic E-state index is 0.169. The van der Waals surface area contributed by atoms with Gasteiger partial charge in [0.1, 0.15) is 23.8 Å². The predicted octanol–water partition coefficient (Wildman–Crippen LogP) is 3.42. The van der Waals surface area contributed by atoms with Gasteiger partial charge in [-0.1, -0.05) is 13.3 Å². The molecule has 0 aliphatic rings. The third-order valence-corrected chi connectivity index (χ3v) is 2.87. The van der Waals surface area contributed by atoms with Gasteiger partial charge in [-0.2, -0.15) is 0 Å². The summed E-state index contributed by atoms with van der Waals surface area (Å²) in [6.07, 6.45) is 2.92. The normalized spacial score (nSPS) is 10.5. The van der Waals surface area contributed by atoms with E-state index in [2.05, 4.69) is 15.3 Å². The fourth-order valence-electron chi connectivity index (χ4n) is 2.03. The average Bonchev–Trinajstić information content (AvgIpc) is 2.42. The van der Waals surface area contributed by atoms with E-state index in [1.54, 1.807) is 7.05 Å². The number of rotatable bonds is 4. The zero-order valence-electron chi connectivity index (χ0n) is 10.9. The SMILES string of the molecule is CCCc1c(NC)ncnc1-c1cc(F)ccc1F. The summed E-state index contributed by atoms with van der Waals surface area (Å²) >= 11 is 0. The van der Waals surface area contributed by atoms with E-state index in [0.717, 1.165) is 30.2 Å². The van der Waals surface area contributed by atoms with Crippen LogP contribution in [-0.4, -0.2) is 17.0 Å². The Hall–Kier alpha value is -2.04. The standard InChI is InChI=1S/C14H15F2N3/c1-3-4-10-13(18-8-19-14(10)17-2)11-7-9(15)5-6-12(11)16/h5-8H,3-4H2,1-2H3,(H,17,18,19). The maximum absolute atomic E-state index is 13.9. The maximum Gasteiger partial charge on any atom is 0.132 e. The van der Waals surface area contributed by atoms with Crippen LogP contribution in [0.2, 0.25) is 0 Å². The first kappa shape index (κ1) is 13.4. The van der Waals surface area contributed by atoms with E-state index in [1.165, 1.54) is 6.33 Å². The van der Waals surface area contributed by atoms with Crippen LogP contribution in [0.1, 0.15) is 18.9 Å². The summed E-state index contributed by atoms with van der Waals surface area (Å²) in [5, 5.41) is 2.96. The number of benzene rings is 1. The zero-order valence-corrected chi connectivity index (χ0v) is 10.9. The van der Waals surface area contributed by atoms with Crippen LogP contribution < -0.4 is 5.32 Å². The molecule has 0 bridgehead atoms. The van der Waals surface area contributed by atoms with Gasteiger partial charge >= 0.3 is 0 Å². The lowest BCUT2D eigenvalue weighted by Gasteiger charge is -2.12. The average molecular weight is 263 g/mol. The molecule has 0 saturated heterocycles. The highest BCUT2D eigenvalue weighted by Crippen LogP contribution is 2.29. The second-order valence-corrected chi connectivity index (χ2v) is 4.17. The van der Waals surface area contributed by atoms with Crippen molar-refractivity contribution >= 4 is 5.82 Å². The molecule has 1 aromatic heterocycles. The van der Waals surface area contributed by atoms with E-state index >= 15 is 0 Å². The van der Waals surface area contributed by atoms with Crippen molar-refractivity contribution in [3.05, 3.63) is 41.7 Å². The summed E-state index contributed by atoms with van der Waals surface area (Å²) in [7, 11) is 1.74. The highest BCUT2D eigenvalue weighted by molar-refractivity contribution is 5.68. The lowest BCUT2D eigenvalue weighted by molar-refractivity contribution is 0.602. The van der Waals surface area contributed by atoms with Crippen LogP contribution in [0, 0.1) is 11.6 Å². The number of aromatic nitrogens is 2. The Bertz CT molecular complexity index is 585. The molecule has 100 valence electrons. The smallest absolute Gasteiger partial charge is 0.132 e. The Morgan fingerprint density at radius 1 is 1.21 bits per heavy atom. The predicted molar refractivity (Wildman–Crippen MR) is 70.9 cm³/mol. The highest BCUT2D eigenvalue weighted by atomic mass is 19.1. The van der Waals surface area contributed by atoms with E-state index in [0.29, 0.717) is 17.9 Å². The molecular weight excluding hydrogens is 248 g/mol. The van der Waals surface area contributed by atoms with Crippen LogP contribution in [0.25, 0.3) is 11.3 Å². The molecule has 3 nitrogen and oxygen atoms in total. The van der Waals surface area contributed by atoms with E-state index < -0.39 is 11.6 Å². The van der Waals surface area contributed by atoms with Gasteiger partial charge in [-0.15, -0.1) is 0 Å². The third-order valence-electron chi connectivity index (χ3n) is 2.87.